The highest BCUT2D eigenvalue weighted by Gasteiger charge is 2.25. The molecular formula is C14H17FN2O2. The zero-order valence-corrected chi connectivity index (χ0v) is 11.1. The normalized spacial score (nSPS) is 20.4. The van der Waals surface area contributed by atoms with Gasteiger partial charge >= 0.3 is 0 Å². The van der Waals surface area contributed by atoms with Gasteiger partial charge < -0.3 is 9.80 Å². The molecule has 2 rings (SSSR count). The Morgan fingerprint density at radius 3 is 2.74 bits per heavy atom. The number of hydrogen-bond donors (Lipinski definition) is 0. The molecule has 1 aliphatic heterocycles. The Balaban J connectivity index is 2.16. The van der Waals surface area contributed by atoms with Gasteiger partial charge in [-0.05, 0) is 32.2 Å². The second-order valence-corrected chi connectivity index (χ2v) is 4.93. The number of benzene rings is 1. The molecule has 1 fully saturated rings. The highest BCUT2D eigenvalue weighted by atomic mass is 19.1. The van der Waals surface area contributed by atoms with Crippen molar-refractivity contribution in [2.24, 2.45) is 0 Å². The fourth-order valence-corrected chi connectivity index (χ4v) is 2.17. The Labute approximate surface area is 111 Å². The third-order valence-electron chi connectivity index (χ3n) is 3.62. The first-order valence-electron chi connectivity index (χ1n) is 6.27. The molecule has 1 aliphatic rings. The Hall–Kier alpha value is -1.75. The molecule has 1 aromatic rings. The maximum Gasteiger partial charge on any atom is 0.254 e. The van der Waals surface area contributed by atoms with Crippen LogP contribution >= 0.6 is 0 Å². The number of nitrogens with zero attached hydrogens (tertiary/aromatic N) is 2. The topological polar surface area (TPSA) is 40.6 Å². The van der Waals surface area contributed by atoms with Crippen molar-refractivity contribution < 1.29 is 14.0 Å². The van der Waals surface area contributed by atoms with E-state index in [1.807, 2.05) is 7.05 Å². The molecule has 1 aromatic carbocycles. The summed E-state index contributed by atoms with van der Waals surface area (Å²) in [6.07, 6.45) is 0.446. The smallest absolute Gasteiger partial charge is 0.254 e. The van der Waals surface area contributed by atoms with E-state index in [-0.39, 0.29) is 17.5 Å². The molecule has 102 valence electrons. The van der Waals surface area contributed by atoms with Crippen molar-refractivity contribution in [1.29, 1.82) is 0 Å². The molecule has 0 aromatic heterocycles. The van der Waals surface area contributed by atoms with E-state index in [0.717, 1.165) is 12.6 Å². The van der Waals surface area contributed by atoms with Crippen LogP contribution in [0.25, 0.3) is 0 Å². The minimum Gasteiger partial charge on any atom is -0.336 e. The van der Waals surface area contributed by atoms with Gasteiger partial charge in [0.1, 0.15) is 5.82 Å². The second-order valence-electron chi connectivity index (χ2n) is 4.93. The van der Waals surface area contributed by atoms with E-state index in [1.165, 1.54) is 12.1 Å². The van der Waals surface area contributed by atoms with E-state index in [4.69, 9.17) is 0 Å². The number of halogens is 1. The van der Waals surface area contributed by atoms with Crippen LogP contribution in [0.5, 0.6) is 0 Å². The Kier molecular flexibility index (Phi) is 3.95. The first kappa shape index (κ1) is 13.7. The molecule has 0 aliphatic carbocycles. The third-order valence-corrected chi connectivity index (χ3v) is 3.62. The number of amides is 1. The molecule has 1 saturated heterocycles. The molecular weight excluding hydrogens is 247 g/mol. The van der Waals surface area contributed by atoms with Crippen molar-refractivity contribution in [1.82, 2.24) is 9.80 Å². The molecule has 1 heterocycles. The number of piperazine rings is 1. The van der Waals surface area contributed by atoms with Gasteiger partial charge in [0, 0.05) is 31.2 Å². The van der Waals surface area contributed by atoms with Crippen LogP contribution in [0.2, 0.25) is 0 Å². The fourth-order valence-electron chi connectivity index (χ4n) is 2.17. The summed E-state index contributed by atoms with van der Waals surface area (Å²) in [7, 11) is 2.02. The van der Waals surface area contributed by atoms with Crippen LogP contribution in [0, 0.1) is 5.82 Å². The van der Waals surface area contributed by atoms with Gasteiger partial charge in [-0.2, -0.15) is 0 Å². The summed E-state index contributed by atoms with van der Waals surface area (Å²) in [6, 6.07) is 4.26. The van der Waals surface area contributed by atoms with Crippen molar-refractivity contribution in [3.05, 3.63) is 35.1 Å². The minimum absolute atomic E-state index is 0.0247. The monoisotopic (exact) mass is 264 g/mol. The van der Waals surface area contributed by atoms with Crippen LogP contribution in [0.3, 0.4) is 0 Å². The summed E-state index contributed by atoms with van der Waals surface area (Å²) < 4.78 is 13.5. The van der Waals surface area contributed by atoms with Crippen LogP contribution in [0.4, 0.5) is 4.39 Å². The number of likely N-dealkylation sites (N-methyl/N-ethyl adjacent to an activating group) is 1. The van der Waals surface area contributed by atoms with Gasteiger partial charge in [0.15, 0.2) is 6.29 Å². The van der Waals surface area contributed by atoms with Gasteiger partial charge in [-0.25, -0.2) is 4.39 Å². The Bertz CT molecular complexity index is 504. The molecule has 0 spiro atoms. The summed E-state index contributed by atoms with van der Waals surface area (Å²) in [6.45, 7) is 4.13. The lowest BCUT2D eigenvalue weighted by Gasteiger charge is -2.37. The molecule has 1 atom stereocenters. The van der Waals surface area contributed by atoms with Gasteiger partial charge in [-0.15, -0.1) is 0 Å². The molecule has 1 amide bonds. The van der Waals surface area contributed by atoms with E-state index in [2.05, 4.69) is 11.8 Å². The third kappa shape index (κ3) is 2.81. The van der Waals surface area contributed by atoms with E-state index in [0.29, 0.717) is 24.9 Å². The van der Waals surface area contributed by atoms with Crippen LogP contribution in [0.15, 0.2) is 18.2 Å². The van der Waals surface area contributed by atoms with Crippen molar-refractivity contribution in [3.63, 3.8) is 0 Å². The van der Waals surface area contributed by atoms with Crippen molar-refractivity contribution >= 4 is 12.2 Å². The van der Waals surface area contributed by atoms with Crippen LogP contribution in [-0.4, -0.2) is 54.7 Å². The lowest BCUT2D eigenvalue weighted by molar-refractivity contribution is 0.0572. The maximum absolute atomic E-state index is 13.5. The summed E-state index contributed by atoms with van der Waals surface area (Å²) in [5.74, 6) is -0.834. The van der Waals surface area contributed by atoms with Crippen molar-refractivity contribution in [2.75, 3.05) is 26.7 Å². The highest BCUT2D eigenvalue weighted by molar-refractivity contribution is 5.95. The van der Waals surface area contributed by atoms with Crippen LogP contribution in [-0.2, 0) is 0 Å². The largest absolute Gasteiger partial charge is 0.336 e. The Morgan fingerprint density at radius 1 is 1.42 bits per heavy atom. The molecule has 0 bridgehead atoms. The standard InChI is InChI=1S/C14H17FN2O2/c1-10-8-17(6-5-16(10)2)14(19)11-3-4-12(9-18)13(15)7-11/h3-4,7,9-10H,5-6,8H2,1-2H3. The molecule has 19 heavy (non-hydrogen) atoms. The predicted octanol–water partition coefficient (Wildman–Crippen LogP) is 1.41. The maximum atomic E-state index is 13.5. The lowest BCUT2D eigenvalue weighted by atomic mass is 10.1. The Morgan fingerprint density at radius 2 is 2.16 bits per heavy atom. The van der Waals surface area contributed by atoms with Gasteiger partial charge in [0.05, 0.1) is 5.56 Å². The van der Waals surface area contributed by atoms with E-state index < -0.39 is 5.82 Å². The van der Waals surface area contributed by atoms with Gasteiger partial charge in [-0.3, -0.25) is 9.59 Å². The summed E-state index contributed by atoms with van der Waals surface area (Å²) in [5.41, 5.74) is 0.267. The average molecular weight is 264 g/mol. The van der Waals surface area contributed by atoms with Gasteiger partial charge in [0.2, 0.25) is 0 Å². The van der Waals surface area contributed by atoms with E-state index in [1.54, 1.807) is 4.90 Å². The van der Waals surface area contributed by atoms with E-state index in [9.17, 15) is 14.0 Å². The second kappa shape index (κ2) is 5.48. The summed E-state index contributed by atoms with van der Waals surface area (Å²) in [5, 5.41) is 0. The average Bonchev–Trinajstić information content (AvgIpc) is 2.41. The van der Waals surface area contributed by atoms with Crippen LogP contribution < -0.4 is 0 Å². The zero-order valence-electron chi connectivity index (χ0n) is 11.1. The van der Waals surface area contributed by atoms with Crippen molar-refractivity contribution in [3.8, 4) is 0 Å². The molecule has 4 nitrogen and oxygen atoms in total. The molecule has 0 saturated carbocycles. The quantitative estimate of drug-likeness (QED) is 0.758. The van der Waals surface area contributed by atoms with Gasteiger partial charge in [-0.1, -0.05) is 0 Å². The van der Waals surface area contributed by atoms with Gasteiger partial charge in [0.25, 0.3) is 5.91 Å². The predicted molar refractivity (Wildman–Crippen MR) is 69.8 cm³/mol. The molecule has 5 heteroatoms. The fraction of sp³-hybridized carbons (Fsp3) is 0.429. The minimum atomic E-state index is -0.650. The number of carbonyl (C=O) groups excluding carboxylic acids is 2. The number of aldehydes is 1. The first-order chi connectivity index (χ1) is 9.02. The van der Waals surface area contributed by atoms with Crippen molar-refractivity contribution in [2.45, 2.75) is 13.0 Å². The molecule has 1 unspecified atom stereocenters. The molecule has 0 radical (unpaired) electrons. The number of rotatable bonds is 2. The highest BCUT2D eigenvalue weighted by Crippen LogP contribution is 2.14. The summed E-state index contributed by atoms with van der Waals surface area (Å²) in [4.78, 5) is 26.7. The van der Waals surface area contributed by atoms with Crippen LogP contribution in [0.1, 0.15) is 27.6 Å². The lowest BCUT2D eigenvalue weighted by Crippen LogP contribution is -2.52. The SMILES string of the molecule is CC1CN(C(=O)c2ccc(C=O)c(F)c2)CCN1C. The van der Waals surface area contributed by atoms with E-state index >= 15 is 0 Å². The zero-order chi connectivity index (χ0) is 14.0. The summed E-state index contributed by atoms with van der Waals surface area (Å²) >= 11 is 0. The first-order valence-corrected chi connectivity index (χ1v) is 6.27. The number of carbonyl (C=O) groups is 2. The molecule has 0 N–H and O–H groups in total. The number of hydrogen-bond acceptors (Lipinski definition) is 3.